The zero-order valence-electron chi connectivity index (χ0n) is 38.1. The minimum atomic E-state index is -0.184. The van der Waals surface area contributed by atoms with E-state index in [1.54, 1.807) is 0 Å². The van der Waals surface area contributed by atoms with Gasteiger partial charge in [-0.2, -0.15) is 0 Å². The summed E-state index contributed by atoms with van der Waals surface area (Å²) in [4.78, 5) is 4.85. The summed E-state index contributed by atoms with van der Waals surface area (Å²) in [6.07, 6.45) is 1.96. The molecule has 10 aromatic carbocycles. The highest BCUT2D eigenvalue weighted by molar-refractivity contribution is 5.89. The van der Waals surface area contributed by atoms with Gasteiger partial charge in [0.05, 0.1) is 0 Å². The minimum Gasteiger partial charge on any atom is -0.310 e. The summed E-state index contributed by atoms with van der Waals surface area (Å²) in [5, 5.41) is 0. The number of anilines is 6. The molecule has 0 fully saturated rings. The molecule has 0 unspecified atom stereocenters. The fraction of sp³-hybridized carbons (Fsp3) is 0.0769. The van der Waals surface area contributed by atoms with E-state index in [1.165, 1.54) is 66.8 Å². The van der Waals surface area contributed by atoms with Gasteiger partial charge in [-0.15, -0.1) is 0 Å². The Morgan fingerprint density at radius 3 is 0.716 bits per heavy atom. The Hall–Kier alpha value is -8.20. The fourth-order valence-corrected chi connectivity index (χ4v) is 10.4. The molecular formula is C65H52N2. The lowest BCUT2D eigenvalue weighted by Crippen LogP contribution is -2.24. The highest BCUT2D eigenvalue weighted by atomic mass is 15.1. The maximum Gasteiger partial charge on any atom is 0.0465 e. The molecule has 1 aliphatic carbocycles. The third-order valence-corrected chi connectivity index (χ3v) is 14.0. The molecule has 0 heterocycles. The van der Waals surface area contributed by atoms with Gasteiger partial charge in [-0.1, -0.05) is 196 Å². The van der Waals surface area contributed by atoms with Crippen molar-refractivity contribution < 1.29 is 0 Å². The van der Waals surface area contributed by atoms with E-state index in [0.29, 0.717) is 0 Å². The van der Waals surface area contributed by atoms with Crippen LogP contribution in [-0.4, -0.2) is 0 Å². The van der Waals surface area contributed by atoms with Crippen molar-refractivity contribution in [2.24, 2.45) is 0 Å². The monoisotopic (exact) mass is 860 g/mol. The van der Waals surface area contributed by atoms with E-state index >= 15 is 0 Å². The van der Waals surface area contributed by atoms with Gasteiger partial charge in [0.2, 0.25) is 0 Å². The summed E-state index contributed by atoms with van der Waals surface area (Å²) in [7, 11) is 0. The first-order valence-electron chi connectivity index (χ1n) is 23.6. The number of hydrogen-bond donors (Lipinski definition) is 0. The van der Waals surface area contributed by atoms with E-state index in [4.69, 9.17) is 0 Å². The molecule has 11 rings (SSSR count). The molecule has 0 atom stereocenters. The van der Waals surface area contributed by atoms with Crippen LogP contribution in [0.2, 0.25) is 0 Å². The van der Waals surface area contributed by atoms with Crippen LogP contribution in [0.3, 0.4) is 0 Å². The topological polar surface area (TPSA) is 6.48 Å². The second-order valence-electron chi connectivity index (χ2n) is 17.6. The molecule has 322 valence electrons. The van der Waals surface area contributed by atoms with Crippen molar-refractivity contribution >= 4 is 34.1 Å². The maximum absolute atomic E-state index is 2.49. The zero-order valence-corrected chi connectivity index (χ0v) is 38.1. The highest BCUT2D eigenvalue weighted by Crippen LogP contribution is 2.56. The molecule has 67 heavy (non-hydrogen) atoms. The molecular weight excluding hydrogens is 809 g/mol. The van der Waals surface area contributed by atoms with Crippen molar-refractivity contribution in [2.45, 2.75) is 32.1 Å². The van der Waals surface area contributed by atoms with E-state index in [2.05, 4.69) is 278 Å². The van der Waals surface area contributed by atoms with Gasteiger partial charge >= 0.3 is 0 Å². The van der Waals surface area contributed by atoms with E-state index in [-0.39, 0.29) is 5.41 Å². The highest BCUT2D eigenvalue weighted by Gasteiger charge is 2.41. The lowest BCUT2D eigenvalue weighted by atomic mass is 9.73. The molecule has 0 aliphatic heterocycles. The molecule has 0 saturated carbocycles. The van der Waals surface area contributed by atoms with Crippen LogP contribution in [0.1, 0.15) is 37.8 Å². The SMILES string of the molecule is CCC1(CC)c2cc(N(c3ccc(-c4ccccc4)cc3)c3ccc(-c4ccccc4)cc3)ccc2-c2ccc(N(c3ccc(-c4ccccc4)cc3)c3ccc(-c4ccccc4)cc3)cc21. The second-order valence-corrected chi connectivity index (χ2v) is 17.6. The zero-order chi connectivity index (χ0) is 45.2. The van der Waals surface area contributed by atoms with Crippen LogP contribution in [-0.2, 0) is 5.41 Å². The van der Waals surface area contributed by atoms with Gasteiger partial charge in [0.25, 0.3) is 0 Å². The molecule has 2 nitrogen and oxygen atoms in total. The summed E-state index contributed by atoms with van der Waals surface area (Å²) in [6.45, 7) is 4.74. The number of fused-ring (bicyclic) bond motifs is 3. The van der Waals surface area contributed by atoms with Gasteiger partial charge in [0.15, 0.2) is 0 Å². The Labute approximate surface area is 395 Å². The van der Waals surface area contributed by atoms with Crippen LogP contribution in [0.5, 0.6) is 0 Å². The van der Waals surface area contributed by atoms with Crippen molar-refractivity contribution in [3.05, 3.63) is 266 Å². The number of nitrogens with zero attached hydrogens (tertiary/aromatic N) is 2. The van der Waals surface area contributed by atoms with Crippen LogP contribution in [0.25, 0.3) is 55.6 Å². The third-order valence-electron chi connectivity index (χ3n) is 14.0. The van der Waals surface area contributed by atoms with E-state index in [0.717, 1.165) is 47.0 Å². The fourth-order valence-electron chi connectivity index (χ4n) is 10.4. The summed E-state index contributed by atoms with van der Waals surface area (Å²) >= 11 is 0. The summed E-state index contributed by atoms with van der Waals surface area (Å²) in [5.41, 5.74) is 21.7. The summed E-state index contributed by atoms with van der Waals surface area (Å²) in [6, 6.07) is 93.0. The Balaban J connectivity index is 1.01. The normalized spacial score (nSPS) is 12.3. The lowest BCUT2D eigenvalue weighted by molar-refractivity contribution is 0.490. The lowest BCUT2D eigenvalue weighted by Gasteiger charge is -2.33. The molecule has 0 amide bonds. The second kappa shape index (κ2) is 18.0. The molecule has 0 spiro atoms. The summed E-state index contributed by atoms with van der Waals surface area (Å²) in [5.74, 6) is 0. The number of benzene rings is 10. The van der Waals surface area contributed by atoms with Gasteiger partial charge in [-0.25, -0.2) is 0 Å². The standard InChI is InChI=1S/C65H52N2/c1-3-65(4-2)63-45-59(66(55-33-25-51(26-34-55)47-17-9-5-10-18-47)56-35-27-52(28-36-56)48-19-11-6-12-20-48)41-43-61(63)62-44-42-60(46-64(62)65)67(57-37-29-53(30-38-57)49-21-13-7-14-22-49)58-39-31-54(32-40-58)50-23-15-8-16-24-50/h5-46H,3-4H2,1-2H3. The van der Waals surface area contributed by atoms with Crippen LogP contribution in [0.15, 0.2) is 255 Å². The van der Waals surface area contributed by atoms with Crippen molar-refractivity contribution in [1.29, 1.82) is 0 Å². The van der Waals surface area contributed by atoms with Gasteiger partial charge in [-0.3, -0.25) is 0 Å². The summed E-state index contributed by atoms with van der Waals surface area (Å²) < 4.78 is 0. The quantitative estimate of drug-likeness (QED) is 0.121. The average molecular weight is 861 g/mol. The van der Waals surface area contributed by atoms with Gasteiger partial charge in [0, 0.05) is 39.5 Å². The molecule has 0 aromatic heterocycles. The van der Waals surface area contributed by atoms with Crippen molar-refractivity contribution in [1.82, 2.24) is 0 Å². The first-order valence-corrected chi connectivity index (χ1v) is 23.6. The molecule has 0 N–H and O–H groups in total. The smallest absolute Gasteiger partial charge is 0.0465 e. The van der Waals surface area contributed by atoms with Gasteiger partial charge in [-0.05, 0) is 152 Å². The Morgan fingerprint density at radius 1 is 0.254 bits per heavy atom. The third kappa shape index (κ3) is 7.81. The minimum absolute atomic E-state index is 0.184. The van der Waals surface area contributed by atoms with E-state index in [9.17, 15) is 0 Å². The molecule has 1 aliphatic rings. The number of hydrogen-bond acceptors (Lipinski definition) is 2. The van der Waals surface area contributed by atoms with E-state index in [1.807, 2.05) is 0 Å². The van der Waals surface area contributed by atoms with Crippen LogP contribution in [0.4, 0.5) is 34.1 Å². The van der Waals surface area contributed by atoms with Gasteiger partial charge < -0.3 is 9.80 Å². The largest absolute Gasteiger partial charge is 0.310 e. The van der Waals surface area contributed by atoms with Crippen LogP contribution < -0.4 is 9.80 Å². The van der Waals surface area contributed by atoms with Crippen molar-refractivity contribution in [2.75, 3.05) is 9.80 Å². The maximum atomic E-state index is 2.49. The first-order chi connectivity index (χ1) is 33.1. The van der Waals surface area contributed by atoms with Crippen molar-refractivity contribution in [3.8, 4) is 55.6 Å². The first kappa shape index (κ1) is 41.5. The van der Waals surface area contributed by atoms with Crippen molar-refractivity contribution in [3.63, 3.8) is 0 Å². The number of rotatable bonds is 12. The molecule has 0 bridgehead atoms. The van der Waals surface area contributed by atoms with Crippen LogP contribution >= 0.6 is 0 Å². The Morgan fingerprint density at radius 2 is 0.478 bits per heavy atom. The van der Waals surface area contributed by atoms with E-state index < -0.39 is 0 Å². The molecule has 10 aromatic rings. The average Bonchev–Trinajstić information content (AvgIpc) is 3.69. The predicted octanol–water partition coefficient (Wildman–Crippen LogP) is 18.4. The molecule has 0 radical (unpaired) electrons. The van der Waals surface area contributed by atoms with Gasteiger partial charge in [0.1, 0.15) is 0 Å². The Bertz CT molecular complexity index is 2860. The predicted molar refractivity (Wildman–Crippen MR) is 284 cm³/mol. The molecule has 2 heteroatoms. The van der Waals surface area contributed by atoms with Crippen LogP contribution in [0, 0.1) is 0 Å². The Kier molecular flexibility index (Phi) is 11.1. The molecule has 0 saturated heterocycles.